The fourth-order valence-electron chi connectivity index (χ4n) is 0.288. The first-order chi connectivity index (χ1) is 2.89. The predicted molar refractivity (Wildman–Crippen MR) is 20.5 cm³/mol. The number of hydrogen-bond donors (Lipinski definition) is 0. The van der Waals surface area contributed by atoms with Crippen LogP contribution in [0.4, 0.5) is 0 Å². The summed E-state index contributed by atoms with van der Waals surface area (Å²) in [5.41, 5.74) is 0. The maximum Gasteiger partial charge on any atom is 0.236 e. The third-order valence-electron chi connectivity index (χ3n) is 0.527. The number of ether oxygens (including phenoxy) is 2. The van der Waals surface area contributed by atoms with Crippen LogP contribution in [0.15, 0.2) is 12.5 Å². The van der Waals surface area contributed by atoms with Crippen LogP contribution in [0.3, 0.4) is 0 Å². The summed E-state index contributed by atoms with van der Waals surface area (Å²) in [6, 6.07) is 0. The van der Waals surface area contributed by atoms with Crippen LogP contribution in [-0.2, 0) is 9.47 Å². The van der Waals surface area contributed by atoms with Gasteiger partial charge in [0, 0.05) is 6.61 Å². The van der Waals surface area contributed by atoms with Gasteiger partial charge in [-0.15, -0.1) is 6.61 Å². The molecule has 0 N–H and O–H groups in total. The van der Waals surface area contributed by atoms with Gasteiger partial charge < -0.3 is 9.47 Å². The predicted octanol–water partition coefficient (Wildman–Crippen LogP) is 0.666. The van der Waals surface area contributed by atoms with Crippen molar-refractivity contribution in [2.24, 2.45) is 0 Å². The van der Waals surface area contributed by atoms with E-state index in [4.69, 9.17) is 0 Å². The minimum Gasteiger partial charge on any atom is -0.634 e. The SMILES string of the molecule is C=C1O[CH-]CO1.[Cf]. The molecule has 0 bridgehead atoms. The maximum atomic E-state index is 4.68. The summed E-state index contributed by atoms with van der Waals surface area (Å²) >= 11 is 0. The zero-order chi connectivity index (χ0) is 4.41. The van der Waals surface area contributed by atoms with Gasteiger partial charge in [0.2, 0.25) is 5.95 Å². The molecule has 0 radical (unpaired) electrons. The second-order valence-corrected chi connectivity index (χ2v) is 0.968. The summed E-state index contributed by atoms with van der Waals surface area (Å²) in [5, 5.41) is 0. The average molecular weight is 336 g/mol. The molecule has 7 heavy (non-hydrogen) atoms. The minimum absolute atomic E-state index is 0. The summed E-state index contributed by atoms with van der Waals surface area (Å²) in [5.74, 6) is 0.398. The second-order valence-electron chi connectivity index (χ2n) is 0.968. The average Bonchev–Trinajstić information content (AvgIpc) is 1.86. The molecule has 1 rings (SSSR count). The summed E-state index contributed by atoms with van der Waals surface area (Å²) < 4.78 is 9.29. The number of rotatable bonds is 0. The third-order valence-corrected chi connectivity index (χ3v) is 0.527. The topological polar surface area (TPSA) is 18.5 Å². The van der Waals surface area contributed by atoms with Crippen molar-refractivity contribution in [3.05, 3.63) is 19.1 Å². The van der Waals surface area contributed by atoms with Gasteiger partial charge in [0.25, 0.3) is 0 Å². The van der Waals surface area contributed by atoms with Crippen LogP contribution in [0, 0.1) is 6.61 Å². The monoisotopic (exact) mass is 334 g/mol. The Morgan fingerprint density at radius 3 is 2.57 bits per heavy atom. The van der Waals surface area contributed by atoms with E-state index >= 15 is 0 Å². The van der Waals surface area contributed by atoms with Gasteiger partial charge in [-0.3, -0.25) is 0 Å². The largest absolute Gasteiger partial charge is 0.634 e. The summed E-state index contributed by atoms with van der Waals surface area (Å²) in [6.45, 7) is 5.48. The van der Waals surface area contributed by atoms with Crippen molar-refractivity contribution in [1.82, 2.24) is 0 Å². The molecular formula is C4H5CfO2-. The Kier molecular flexibility index (Phi) is 1.30. The smallest absolute Gasteiger partial charge is 0.236 e. The van der Waals surface area contributed by atoms with Crippen molar-refractivity contribution in [2.75, 3.05) is 6.61 Å². The standard InChI is InChI=1S/C4H5O2.Cf/c1-4-5-2-3-6-4;/h2H,1,3H2;/q-1;. The minimum atomic E-state index is 0. The van der Waals surface area contributed by atoms with Gasteiger partial charge in [-0.1, -0.05) is 0 Å². The van der Waals surface area contributed by atoms with E-state index in [-0.39, 0.29) is 0 Å². The molecule has 0 aromatic heterocycles. The van der Waals surface area contributed by atoms with Crippen molar-refractivity contribution in [3.63, 3.8) is 0 Å². The Bertz CT molecular complexity index is 64.1. The van der Waals surface area contributed by atoms with Crippen LogP contribution in [0.25, 0.3) is 0 Å². The zero-order valence-electron chi connectivity index (χ0n) is 3.62. The van der Waals surface area contributed by atoms with Crippen molar-refractivity contribution in [2.45, 2.75) is 0 Å². The normalized spacial score (nSPS) is 16.9. The zero-order valence-corrected chi connectivity index (χ0v) is 6.26. The Morgan fingerprint density at radius 1 is 1.71 bits per heavy atom. The van der Waals surface area contributed by atoms with Crippen molar-refractivity contribution in [3.8, 4) is 0 Å². The maximum absolute atomic E-state index is 4.68. The third kappa shape index (κ3) is 0.833. The van der Waals surface area contributed by atoms with E-state index in [0.29, 0.717) is 12.6 Å². The Balaban J connectivity index is 0.000000360. The van der Waals surface area contributed by atoms with Crippen molar-refractivity contribution < 1.29 is 9.47 Å². The van der Waals surface area contributed by atoms with Gasteiger partial charge in [-0.2, -0.15) is 0 Å². The van der Waals surface area contributed by atoms with Crippen molar-refractivity contribution in [1.29, 1.82) is 0 Å². The van der Waals surface area contributed by atoms with Gasteiger partial charge in [0.15, 0.2) is 0 Å². The molecule has 1 saturated heterocycles. The first-order valence-corrected chi connectivity index (χ1v) is 1.69. The fraction of sp³-hybridized carbons (Fsp3) is 0.250. The van der Waals surface area contributed by atoms with E-state index < -0.39 is 0 Å². The van der Waals surface area contributed by atoms with Gasteiger partial charge in [0.1, 0.15) is 0 Å². The van der Waals surface area contributed by atoms with E-state index in [1.165, 1.54) is 0 Å². The van der Waals surface area contributed by atoms with Crippen LogP contribution < -0.4 is 0 Å². The number of hydrogen-bond acceptors (Lipinski definition) is 2. The van der Waals surface area contributed by atoms with Crippen molar-refractivity contribution >= 4 is 0 Å². The molecule has 0 saturated carbocycles. The molecule has 2 nitrogen and oxygen atoms in total. The van der Waals surface area contributed by atoms with Gasteiger partial charge in [-0.05, 0) is 6.58 Å². The van der Waals surface area contributed by atoms with E-state index in [1.807, 2.05) is 0 Å². The Hall–Kier alpha value is -1.66. The molecule has 0 atom stereocenters. The van der Waals surface area contributed by atoms with Gasteiger partial charge in [-0.25, -0.2) is 0 Å². The molecule has 1 heterocycles. The summed E-state index contributed by atoms with van der Waals surface area (Å²) in [4.78, 5) is 0. The van der Waals surface area contributed by atoms with E-state index in [9.17, 15) is 0 Å². The van der Waals surface area contributed by atoms with E-state index in [0.717, 1.165) is 0 Å². The summed E-state index contributed by atoms with van der Waals surface area (Å²) in [7, 11) is 0. The molecule has 0 amide bonds. The molecule has 0 aromatic rings. The molecule has 0 aromatic carbocycles. The molecule has 0 aliphatic carbocycles. The molecule has 1 aliphatic heterocycles. The van der Waals surface area contributed by atoms with Crippen LogP contribution in [0.1, 0.15) is 0 Å². The first-order valence-electron chi connectivity index (χ1n) is 1.69. The van der Waals surface area contributed by atoms with Gasteiger partial charge >= 0.3 is 0 Å². The van der Waals surface area contributed by atoms with Crippen LogP contribution in [-0.4, -0.2) is 6.61 Å². The molecule has 44 valence electrons. The molecule has 1 fully saturated rings. The first kappa shape index (κ1) is 5.34. The van der Waals surface area contributed by atoms with Crippen LogP contribution in [0.2, 0.25) is 0 Å². The van der Waals surface area contributed by atoms with E-state index in [2.05, 4.69) is 16.1 Å². The second kappa shape index (κ2) is 1.70. The van der Waals surface area contributed by atoms with Crippen LogP contribution in [0.5, 0.6) is 0 Å². The van der Waals surface area contributed by atoms with Crippen LogP contribution >= 0.6 is 0 Å². The molecular weight excluding hydrogens is 331 g/mol. The molecule has 3 heteroatoms. The molecule has 1 aliphatic rings. The molecule has 0 unspecified atom stereocenters. The molecule has 0 spiro atoms. The Morgan fingerprint density at radius 2 is 2.43 bits per heavy atom. The quantitative estimate of drug-likeness (QED) is 0.606. The Labute approximate surface area is 36.4 Å². The van der Waals surface area contributed by atoms with Gasteiger partial charge in [0.05, 0.1) is 0 Å². The van der Waals surface area contributed by atoms with E-state index in [1.54, 1.807) is 6.61 Å². The fourth-order valence-corrected chi connectivity index (χ4v) is 0.288. The summed E-state index contributed by atoms with van der Waals surface area (Å²) in [6.07, 6.45) is 0.